The largest absolute Gasteiger partial charge is 0.383 e. The molecule has 0 saturated heterocycles. The van der Waals surface area contributed by atoms with Gasteiger partial charge in [0.15, 0.2) is 14.9 Å². The molecule has 0 amide bonds. The van der Waals surface area contributed by atoms with E-state index in [4.69, 9.17) is 0 Å². The molecule has 0 saturated carbocycles. The van der Waals surface area contributed by atoms with Crippen molar-refractivity contribution in [2.24, 2.45) is 0 Å². The molecule has 0 fully saturated rings. The van der Waals surface area contributed by atoms with Crippen molar-refractivity contribution < 1.29 is 8.42 Å². The maximum atomic E-state index is 11.7. The molecular weight excluding hydrogens is 200 g/mol. The molecule has 1 aromatic rings. The summed E-state index contributed by atoms with van der Waals surface area (Å²) in [5.74, 6) is 0.184. The molecular formula is C9H12N2O2S. The number of rotatable bonds is 0. The normalized spacial score (nSPS) is 19.2. The number of fused-ring (bicyclic) bond motifs is 1. The zero-order chi connectivity index (χ0) is 10.2. The minimum atomic E-state index is -3.17. The smallest absolute Gasteiger partial charge is 0.197 e. The van der Waals surface area contributed by atoms with Gasteiger partial charge in [0, 0.05) is 12.2 Å². The highest BCUT2D eigenvalue weighted by Crippen LogP contribution is 2.23. The van der Waals surface area contributed by atoms with Crippen LogP contribution < -0.4 is 5.32 Å². The lowest BCUT2D eigenvalue weighted by molar-refractivity contribution is 0.592. The molecule has 14 heavy (non-hydrogen) atoms. The Morgan fingerprint density at radius 1 is 1.43 bits per heavy atom. The second-order valence-electron chi connectivity index (χ2n) is 3.40. The molecule has 0 bridgehead atoms. The van der Waals surface area contributed by atoms with Gasteiger partial charge in [0.1, 0.15) is 0 Å². The number of hydrogen-bond donors (Lipinski definition) is 1. The van der Waals surface area contributed by atoms with Gasteiger partial charge in [0.2, 0.25) is 0 Å². The number of hydrogen-bond acceptors (Lipinski definition) is 4. The Morgan fingerprint density at radius 2 is 2.21 bits per heavy atom. The second kappa shape index (κ2) is 3.24. The van der Waals surface area contributed by atoms with Crippen LogP contribution >= 0.6 is 0 Å². The Hall–Kier alpha value is -1.10. The quantitative estimate of drug-likeness (QED) is 0.696. The molecule has 4 nitrogen and oxygen atoms in total. The van der Waals surface area contributed by atoms with Crippen LogP contribution in [0.4, 0.5) is 5.69 Å². The predicted molar refractivity (Wildman–Crippen MR) is 54.1 cm³/mol. The molecule has 0 aromatic carbocycles. The molecule has 5 heteroatoms. The maximum absolute atomic E-state index is 11.7. The summed E-state index contributed by atoms with van der Waals surface area (Å²) in [5, 5.41) is 3.27. The van der Waals surface area contributed by atoms with Crippen LogP contribution in [0.2, 0.25) is 0 Å². The van der Waals surface area contributed by atoms with Crippen molar-refractivity contribution in [3.8, 4) is 0 Å². The standard InChI is InChI=1S/C9H12N2O2S/c1-7-3-4-8-9(11-7)14(12,13)6-2-5-10-8/h3-4,10H,2,5-6H2,1H3. The van der Waals surface area contributed by atoms with Crippen LogP contribution in [0.1, 0.15) is 12.1 Å². The number of sulfone groups is 1. The fraction of sp³-hybridized carbons (Fsp3) is 0.444. The van der Waals surface area contributed by atoms with Gasteiger partial charge in [-0.1, -0.05) is 0 Å². The summed E-state index contributed by atoms with van der Waals surface area (Å²) in [7, 11) is -3.17. The van der Waals surface area contributed by atoms with Gasteiger partial charge >= 0.3 is 0 Å². The molecule has 2 heterocycles. The molecule has 0 atom stereocenters. The van der Waals surface area contributed by atoms with E-state index in [1.807, 2.05) is 6.07 Å². The van der Waals surface area contributed by atoms with Gasteiger partial charge < -0.3 is 5.32 Å². The van der Waals surface area contributed by atoms with Crippen molar-refractivity contribution in [3.05, 3.63) is 17.8 Å². The van der Waals surface area contributed by atoms with E-state index in [0.29, 0.717) is 18.7 Å². The summed E-state index contributed by atoms with van der Waals surface area (Å²) in [6, 6.07) is 3.59. The van der Waals surface area contributed by atoms with Crippen molar-refractivity contribution in [3.63, 3.8) is 0 Å². The lowest BCUT2D eigenvalue weighted by Gasteiger charge is -2.06. The van der Waals surface area contributed by atoms with E-state index in [9.17, 15) is 8.42 Å². The van der Waals surface area contributed by atoms with Gasteiger partial charge in [-0.05, 0) is 25.5 Å². The fourth-order valence-electron chi connectivity index (χ4n) is 1.49. The second-order valence-corrected chi connectivity index (χ2v) is 5.43. The Morgan fingerprint density at radius 3 is 3.00 bits per heavy atom. The van der Waals surface area contributed by atoms with Crippen molar-refractivity contribution in [2.75, 3.05) is 17.6 Å². The van der Waals surface area contributed by atoms with Crippen molar-refractivity contribution in [1.29, 1.82) is 0 Å². The van der Waals surface area contributed by atoms with E-state index in [0.717, 1.165) is 5.69 Å². The third-order valence-electron chi connectivity index (χ3n) is 2.20. The summed E-state index contributed by atoms with van der Waals surface area (Å²) in [6.07, 6.45) is 0.637. The highest BCUT2D eigenvalue weighted by molar-refractivity contribution is 7.91. The monoisotopic (exact) mass is 212 g/mol. The number of anilines is 1. The Kier molecular flexibility index (Phi) is 2.19. The van der Waals surface area contributed by atoms with Crippen LogP contribution in [0, 0.1) is 6.92 Å². The Labute approximate surface area is 83.3 Å². The first-order valence-corrected chi connectivity index (χ1v) is 6.19. The molecule has 0 spiro atoms. The molecule has 1 N–H and O–H groups in total. The van der Waals surface area contributed by atoms with E-state index in [2.05, 4.69) is 10.3 Å². The zero-order valence-corrected chi connectivity index (χ0v) is 8.76. The van der Waals surface area contributed by atoms with Gasteiger partial charge in [-0.15, -0.1) is 0 Å². The average Bonchev–Trinajstić information content (AvgIpc) is 2.26. The summed E-state index contributed by atoms with van der Waals surface area (Å²) in [6.45, 7) is 2.48. The van der Waals surface area contributed by atoms with Crippen LogP contribution in [0.25, 0.3) is 0 Å². The van der Waals surface area contributed by atoms with Gasteiger partial charge in [-0.3, -0.25) is 0 Å². The maximum Gasteiger partial charge on any atom is 0.197 e. The molecule has 0 radical (unpaired) electrons. The van der Waals surface area contributed by atoms with Crippen molar-refractivity contribution in [2.45, 2.75) is 18.4 Å². The highest BCUT2D eigenvalue weighted by atomic mass is 32.2. The first kappa shape index (κ1) is 9.45. The molecule has 1 aliphatic heterocycles. The summed E-state index contributed by atoms with van der Waals surface area (Å²) in [5.41, 5.74) is 1.36. The average molecular weight is 212 g/mol. The molecule has 1 aromatic heterocycles. The Bertz CT molecular complexity index is 454. The van der Waals surface area contributed by atoms with E-state index >= 15 is 0 Å². The number of nitrogens with one attached hydrogen (secondary N) is 1. The van der Waals surface area contributed by atoms with Crippen LogP contribution in [0.15, 0.2) is 17.2 Å². The fourth-order valence-corrected chi connectivity index (χ4v) is 2.96. The van der Waals surface area contributed by atoms with Crippen LogP contribution in [0.3, 0.4) is 0 Å². The molecule has 0 unspecified atom stereocenters. The lowest BCUT2D eigenvalue weighted by Crippen LogP contribution is -2.08. The summed E-state index contributed by atoms with van der Waals surface area (Å²) < 4.78 is 23.5. The molecule has 0 aliphatic carbocycles. The van der Waals surface area contributed by atoms with E-state index in [1.54, 1.807) is 13.0 Å². The SMILES string of the molecule is Cc1ccc2c(n1)S(=O)(=O)CCCN2. The lowest BCUT2D eigenvalue weighted by atomic mass is 10.3. The van der Waals surface area contributed by atoms with Crippen LogP contribution in [-0.4, -0.2) is 25.7 Å². The topological polar surface area (TPSA) is 59.1 Å². The number of aromatic nitrogens is 1. The van der Waals surface area contributed by atoms with E-state index in [-0.39, 0.29) is 10.8 Å². The van der Waals surface area contributed by atoms with E-state index in [1.165, 1.54) is 0 Å². The highest BCUT2D eigenvalue weighted by Gasteiger charge is 2.22. The first-order chi connectivity index (χ1) is 6.59. The van der Waals surface area contributed by atoms with Crippen LogP contribution in [-0.2, 0) is 9.84 Å². The van der Waals surface area contributed by atoms with E-state index < -0.39 is 9.84 Å². The molecule has 2 rings (SSSR count). The third-order valence-corrected chi connectivity index (χ3v) is 3.93. The van der Waals surface area contributed by atoms with Crippen LogP contribution in [0.5, 0.6) is 0 Å². The molecule has 1 aliphatic rings. The zero-order valence-electron chi connectivity index (χ0n) is 7.95. The predicted octanol–water partition coefficient (Wildman–Crippen LogP) is 0.979. The van der Waals surface area contributed by atoms with Crippen molar-refractivity contribution in [1.82, 2.24) is 4.98 Å². The van der Waals surface area contributed by atoms with Gasteiger partial charge in [0.05, 0.1) is 11.4 Å². The minimum absolute atomic E-state index is 0.184. The van der Waals surface area contributed by atoms with Gasteiger partial charge in [-0.2, -0.15) is 0 Å². The third kappa shape index (κ3) is 1.59. The Balaban J connectivity index is 2.64. The number of nitrogens with zero attached hydrogens (tertiary/aromatic N) is 1. The molecule has 76 valence electrons. The summed E-state index contributed by atoms with van der Waals surface area (Å²) >= 11 is 0. The first-order valence-electron chi connectivity index (χ1n) is 4.54. The minimum Gasteiger partial charge on any atom is -0.383 e. The van der Waals surface area contributed by atoms with Crippen molar-refractivity contribution >= 4 is 15.5 Å². The number of aryl methyl sites for hydroxylation is 1. The summed E-state index contributed by atoms with van der Waals surface area (Å²) in [4.78, 5) is 4.08. The van der Waals surface area contributed by atoms with Gasteiger partial charge in [0.25, 0.3) is 0 Å². The number of pyridine rings is 1. The van der Waals surface area contributed by atoms with Gasteiger partial charge in [-0.25, -0.2) is 13.4 Å².